The van der Waals surface area contributed by atoms with E-state index in [2.05, 4.69) is 26.1 Å². The molecule has 0 bridgehead atoms. The van der Waals surface area contributed by atoms with Crippen LogP contribution in [-0.2, 0) is 9.53 Å². The first kappa shape index (κ1) is 16.8. The number of aliphatic carboxylic acids is 1. The Balaban J connectivity index is 1.96. The van der Waals surface area contributed by atoms with Crippen LogP contribution >= 0.6 is 0 Å². The molecule has 2 saturated carbocycles. The summed E-state index contributed by atoms with van der Waals surface area (Å²) in [6.07, 6.45) is 6.58. The molecule has 3 atom stereocenters. The van der Waals surface area contributed by atoms with Crippen molar-refractivity contribution >= 4 is 5.97 Å². The molecule has 21 heavy (non-hydrogen) atoms. The first-order chi connectivity index (χ1) is 9.98. The van der Waals surface area contributed by atoms with Crippen LogP contribution in [0.25, 0.3) is 0 Å². The van der Waals surface area contributed by atoms with E-state index < -0.39 is 11.5 Å². The van der Waals surface area contributed by atoms with Crippen LogP contribution in [-0.4, -0.2) is 35.9 Å². The van der Waals surface area contributed by atoms with Gasteiger partial charge in [-0.25, -0.2) is 0 Å². The molecular weight excluding hydrogens is 266 g/mol. The van der Waals surface area contributed by atoms with Crippen molar-refractivity contribution in [2.45, 2.75) is 70.9 Å². The molecule has 0 radical (unpaired) electrons. The Morgan fingerprint density at radius 3 is 2.33 bits per heavy atom. The van der Waals surface area contributed by atoms with Gasteiger partial charge in [-0.05, 0) is 62.8 Å². The number of ether oxygens (including phenoxy) is 1. The van der Waals surface area contributed by atoms with Gasteiger partial charge in [0.05, 0.1) is 12.7 Å². The minimum absolute atomic E-state index is 0.227. The van der Waals surface area contributed by atoms with Crippen LogP contribution in [0.4, 0.5) is 0 Å². The van der Waals surface area contributed by atoms with Crippen LogP contribution < -0.4 is 5.32 Å². The van der Waals surface area contributed by atoms with Gasteiger partial charge in [0, 0.05) is 0 Å². The summed E-state index contributed by atoms with van der Waals surface area (Å²) in [4.78, 5) is 11.9. The van der Waals surface area contributed by atoms with E-state index >= 15 is 0 Å². The number of nitrogens with one attached hydrogen (secondary N) is 1. The number of carboxylic acids is 1. The lowest BCUT2D eigenvalue weighted by Crippen LogP contribution is -2.58. The van der Waals surface area contributed by atoms with Gasteiger partial charge in [-0.3, -0.25) is 10.1 Å². The highest BCUT2D eigenvalue weighted by Gasteiger charge is 2.51. The SMILES string of the molecule is CCCNC(COC1CC(C)CC(C)C1)(C(=O)O)C1CC1. The molecule has 0 aromatic heterocycles. The van der Waals surface area contributed by atoms with Crippen LogP contribution in [0.15, 0.2) is 0 Å². The maximum atomic E-state index is 11.9. The lowest BCUT2D eigenvalue weighted by atomic mass is 9.81. The monoisotopic (exact) mass is 297 g/mol. The predicted octanol–water partition coefficient (Wildman–Crippen LogP) is 3.06. The first-order valence-electron chi connectivity index (χ1n) is 8.58. The number of carbonyl (C=O) groups is 1. The Labute approximate surface area is 128 Å². The van der Waals surface area contributed by atoms with E-state index in [-0.39, 0.29) is 12.0 Å². The van der Waals surface area contributed by atoms with Crippen molar-refractivity contribution in [3.05, 3.63) is 0 Å². The van der Waals surface area contributed by atoms with Gasteiger partial charge < -0.3 is 9.84 Å². The molecule has 0 amide bonds. The third kappa shape index (κ3) is 4.19. The van der Waals surface area contributed by atoms with Crippen molar-refractivity contribution < 1.29 is 14.6 Å². The van der Waals surface area contributed by atoms with E-state index in [4.69, 9.17) is 4.74 Å². The Morgan fingerprint density at radius 1 is 1.24 bits per heavy atom. The van der Waals surface area contributed by atoms with Crippen molar-refractivity contribution in [3.8, 4) is 0 Å². The van der Waals surface area contributed by atoms with Crippen molar-refractivity contribution in [2.24, 2.45) is 17.8 Å². The highest BCUT2D eigenvalue weighted by Crippen LogP contribution is 2.41. The Hall–Kier alpha value is -0.610. The normalized spacial score (nSPS) is 32.6. The fourth-order valence-electron chi connectivity index (χ4n) is 3.81. The zero-order chi connectivity index (χ0) is 15.5. The molecule has 4 heteroatoms. The van der Waals surface area contributed by atoms with Crippen molar-refractivity contribution in [3.63, 3.8) is 0 Å². The average Bonchev–Trinajstić information content (AvgIpc) is 3.22. The number of hydrogen-bond acceptors (Lipinski definition) is 3. The maximum Gasteiger partial charge on any atom is 0.326 e. The largest absolute Gasteiger partial charge is 0.480 e. The summed E-state index contributed by atoms with van der Waals surface area (Å²) in [6, 6.07) is 0. The molecule has 2 aliphatic carbocycles. The Morgan fingerprint density at radius 2 is 1.86 bits per heavy atom. The van der Waals surface area contributed by atoms with Gasteiger partial charge in [-0.1, -0.05) is 20.8 Å². The quantitative estimate of drug-likeness (QED) is 0.723. The molecule has 0 aromatic rings. The molecule has 2 rings (SSSR count). The topological polar surface area (TPSA) is 58.6 Å². The molecule has 0 spiro atoms. The second kappa shape index (κ2) is 7.10. The molecule has 0 aliphatic heterocycles. The molecule has 4 nitrogen and oxygen atoms in total. The smallest absolute Gasteiger partial charge is 0.326 e. The van der Waals surface area contributed by atoms with E-state index in [1.165, 1.54) is 6.42 Å². The molecule has 2 fully saturated rings. The van der Waals surface area contributed by atoms with Crippen LogP contribution in [0, 0.1) is 17.8 Å². The van der Waals surface area contributed by atoms with E-state index in [9.17, 15) is 9.90 Å². The van der Waals surface area contributed by atoms with E-state index in [0.717, 1.165) is 38.6 Å². The van der Waals surface area contributed by atoms with Gasteiger partial charge in [-0.2, -0.15) is 0 Å². The molecule has 0 saturated heterocycles. The standard InChI is InChI=1S/C17H31NO3/c1-4-7-18-17(16(19)20,14-5-6-14)11-21-15-9-12(2)8-13(3)10-15/h12-15,18H,4-11H2,1-3H3,(H,19,20). The summed E-state index contributed by atoms with van der Waals surface area (Å²) >= 11 is 0. The van der Waals surface area contributed by atoms with Crippen LogP contribution in [0.5, 0.6) is 0 Å². The summed E-state index contributed by atoms with van der Waals surface area (Å²) < 4.78 is 6.11. The Kier molecular flexibility index (Phi) is 5.67. The summed E-state index contributed by atoms with van der Waals surface area (Å²) in [7, 11) is 0. The zero-order valence-electron chi connectivity index (χ0n) is 13.7. The van der Waals surface area contributed by atoms with Gasteiger partial charge in [0.2, 0.25) is 0 Å². The van der Waals surface area contributed by atoms with Crippen LogP contribution in [0.1, 0.15) is 59.3 Å². The average molecular weight is 297 g/mol. The third-order valence-electron chi connectivity index (χ3n) is 5.03. The first-order valence-corrected chi connectivity index (χ1v) is 8.58. The number of rotatable bonds is 8. The van der Waals surface area contributed by atoms with Gasteiger partial charge in [0.1, 0.15) is 5.54 Å². The minimum atomic E-state index is -0.861. The molecule has 0 heterocycles. The van der Waals surface area contributed by atoms with Gasteiger partial charge in [-0.15, -0.1) is 0 Å². The van der Waals surface area contributed by atoms with Crippen molar-refractivity contribution in [2.75, 3.05) is 13.2 Å². The number of hydrogen-bond donors (Lipinski definition) is 2. The second-order valence-corrected chi connectivity index (χ2v) is 7.33. The molecular formula is C17H31NO3. The molecule has 3 unspecified atom stereocenters. The summed E-state index contributed by atoms with van der Waals surface area (Å²) in [5.74, 6) is 0.861. The van der Waals surface area contributed by atoms with Gasteiger partial charge >= 0.3 is 5.97 Å². The lowest BCUT2D eigenvalue weighted by molar-refractivity contribution is -0.151. The summed E-state index contributed by atoms with van der Waals surface area (Å²) in [5.41, 5.74) is -0.861. The van der Waals surface area contributed by atoms with Gasteiger partial charge in [0.25, 0.3) is 0 Å². The van der Waals surface area contributed by atoms with E-state index in [1.54, 1.807) is 0 Å². The third-order valence-corrected chi connectivity index (χ3v) is 5.03. The highest BCUT2D eigenvalue weighted by molar-refractivity contribution is 5.80. The highest BCUT2D eigenvalue weighted by atomic mass is 16.5. The van der Waals surface area contributed by atoms with Crippen molar-refractivity contribution in [1.82, 2.24) is 5.32 Å². The number of carboxylic acid groups (broad SMARTS) is 1. The molecule has 2 N–H and O–H groups in total. The fraction of sp³-hybridized carbons (Fsp3) is 0.941. The minimum Gasteiger partial charge on any atom is -0.480 e. The van der Waals surface area contributed by atoms with E-state index in [1.807, 2.05) is 0 Å². The zero-order valence-corrected chi connectivity index (χ0v) is 13.7. The lowest BCUT2D eigenvalue weighted by Gasteiger charge is -2.36. The fourth-order valence-corrected chi connectivity index (χ4v) is 3.81. The van der Waals surface area contributed by atoms with E-state index in [0.29, 0.717) is 18.4 Å². The Bertz CT molecular complexity index is 346. The maximum absolute atomic E-state index is 11.9. The summed E-state index contributed by atoms with van der Waals surface area (Å²) in [5, 5.41) is 13.0. The molecule has 0 aromatic carbocycles. The summed E-state index contributed by atoms with van der Waals surface area (Å²) in [6.45, 7) is 7.66. The molecule has 122 valence electrons. The predicted molar refractivity (Wildman–Crippen MR) is 83.3 cm³/mol. The van der Waals surface area contributed by atoms with Crippen molar-refractivity contribution in [1.29, 1.82) is 0 Å². The van der Waals surface area contributed by atoms with Crippen LogP contribution in [0.3, 0.4) is 0 Å². The second-order valence-electron chi connectivity index (χ2n) is 7.33. The van der Waals surface area contributed by atoms with Crippen LogP contribution in [0.2, 0.25) is 0 Å². The van der Waals surface area contributed by atoms with Gasteiger partial charge in [0.15, 0.2) is 0 Å². The molecule has 2 aliphatic rings.